The molecule has 0 amide bonds. The van der Waals surface area contributed by atoms with Crippen molar-refractivity contribution in [3.63, 3.8) is 0 Å². The van der Waals surface area contributed by atoms with Gasteiger partial charge in [0.1, 0.15) is 0 Å². The molecule has 0 aromatic carbocycles. The second kappa shape index (κ2) is 4.52. The molecule has 0 unspecified atom stereocenters. The highest BCUT2D eigenvalue weighted by molar-refractivity contribution is 7.11. The van der Waals surface area contributed by atoms with Crippen LogP contribution in [0, 0.1) is 6.92 Å². The van der Waals surface area contributed by atoms with Crippen molar-refractivity contribution in [2.75, 3.05) is 6.54 Å². The van der Waals surface area contributed by atoms with E-state index in [1.54, 1.807) is 11.3 Å². The Morgan fingerprint density at radius 1 is 1.50 bits per heavy atom. The molecular weight excluding hydrogens is 180 g/mol. The number of aryl methyl sites for hydroxylation is 1. The number of alkyl halides is 2. The lowest BCUT2D eigenvalue weighted by atomic mass is 10.4. The Labute approximate surface area is 74.4 Å². The third kappa shape index (κ3) is 3.28. The maximum atomic E-state index is 11.7. The molecule has 1 aromatic rings. The Kier molecular flexibility index (Phi) is 3.62. The fraction of sp³-hybridized carbons (Fsp3) is 0.500. The molecule has 12 heavy (non-hydrogen) atoms. The van der Waals surface area contributed by atoms with Crippen LogP contribution in [0.5, 0.6) is 0 Å². The molecule has 1 rings (SSSR count). The zero-order chi connectivity index (χ0) is 8.97. The van der Waals surface area contributed by atoms with Crippen LogP contribution in [0.3, 0.4) is 0 Å². The van der Waals surface area contributed by atoms with Crippen molar-refractivity contribution in [1.82, 2.24) is 5.32 Å². The van der Waals surface area contributed by atoms with Gasteiger partial charge < -0.3 is 5.32 Å². The van der Waals surface area contributed by atoms with E-state index < -0.39 is 6.43 Å². The molecule has 1 heterocycles. The quantitative estimate of drug-likeness (QED) is 0.770. The largest absolute Gasteiger partial charge is 0.306 e. The van der Waals surface area contributed by atoms with Crippen molar-refractivity contribution in [3.05, 3.63) is 21.9 Å². The molecule has 68 valence electrons. The van der Waals surface area contributed by atoms with E-state index >= 15 is 0 Å². The minimum Gasteiger partial charge on any atom is -0.306 e. The van der Waals surface area contributed by atoms with Crippen molar-refractivity contribution < 1.29 is 8.78 Å². The minimum absolute atomic E-state index is 0.225. The van der Waals surface area contributed by atoms with E-state index in [1.807, 2.05) is 19.1 Å². The van der Waals surface area contributed by atoms with Crippen molar-refractivity contribution in [1.29, 1.82) is 0 Å². The van der Waals surface area contributed by atoms with Crippen LogP contribution < -0.4 is 5.32 Å². The van der Waals surface area contributed by atoms with Gasteiger partial charge in [-0.3, -0.25) is 0 Å². The van der Waals surface area contributed by atoms with Gasteiger partial charge >= 0.3 is 0 Å². The van der Waals surface area contributed by atoms with Crippen molar-refractivity contribution in [2.45, 2.75) is 19.9 Å². The molecule has 0 bridgehead atoms. The average molecular weight is 191 g/mol. The SMILES string of the molecule is Cc1ccc(CNCC(F)F)s1. The van der Waals surface area contributed by atoms with Crippen molar-refractivity contribution >= 4 is 11.3 Å². The molecule has 0 fully saturated rings. The normalized spacial score (nSPS) is 11.0. The van der Waals surface area contributed by atoms with Gasteiger partial charge in [-0.1, -0.05) is 0 Å². The molecule has 1 nitrogen and oxygen atoms in total. The van der Waals surface area contributed by atoms with Crippen LogP contribution >= 0.6 is 11.3 Å². The Morgan fingerprint density at radius 2 is 2.25 bits per heavy atom. The fourth-order valence-corrected chi connectivity index (χ4v) is 1.74. The van der Waals surface area contributed by atoms with E-state index in [4.69, 9.17) is 0 Å². The topological polar surface area (TPSA) is 12.0 Å². The first-order valence-corrected chi connectivity index (χ1v) is 4.54. The van der Waals surface area contributed by atoms with E-state index in [0.717, 1.165) is 4.88 Å². The Bertz CT molecular complexity index is 235. The van der Waals surface area contributed by atoms with Gasteiger partial charge in [-0.25, -0.2) is 8.78 Å². The number of nitrogens with one attached hydrogen (secondary N) is 1. The van der Waals surface area contributed by atoms with E-state index in [0.29, 0.717) is 6.54 Å². The molecule has 0 saturated carbocycles. The van der Waals surface area contributed by atoms with E-state index in [1.165, 1.54) is 4.88 Å². The van der Waals surface area contributed by atoms with Gasteiger partial charge in [-0.15, -0.1) is 11.3 Å². The number of hydrogen-bond donors (Lipinski definition) is 1. The summed E-state index contributed by atoms with van der Waals surface area (Å²) >= 11 is 1.63. The van der Waals surface area contributed by atoms with Gasteiger partial charge in [0.25, 0.3) is 6.43 Å². The van der Waals surface area contributed by atoms with Crippen LogP contribution in [0.4, 0.5) is 8.78 Å². The van der Waals surface area contributed by atoms with Crippen molar-refractivity contribution in [3.8, 4) is 0 Å². The Balaban J connectivity index is 2.24. The summed E-state index contributed by atoms with van der Waals surface area (Å²) in [4.78, 5) is 2.32. The molecule has 0 aliphatic rings. The summed E-state index contributed by atoms with van der Waals surface area (Å²) in [5, 5.41) is 2.67. The predicted molar refractivity (Wildman–Crippen MR) is 46.8 cm³/mol. The maximum absolute atomic E-state index is 11.7. The highest BCUT2D eigenvalue weighted by atomic mass is 32.1. The van der Waals surface area contributed by atoms with Gasteiger partial charge in [0.2, 0.25) is 0 Å². The molecule has 1 N–H and O–H groups in total. The second-order valence-corrected chi connectivity index (χ2v) is 3.91. The predicted octanol–water partition coefficient (Wildman–Crippen LogP) is 2.41. The first-order chi connectivity index (χ1) is 5.68. The lowest BCUT2D eigenvalue weighted by molar-refractivity contribution is 0.145. The van der Waals surface area contributed by atoms with Crippen LogP contribution in [0.25, 0.3) is 0 Å². The van der Waals surface area contributed by atoms with E-state index in [-0.39, 0.29) is 6.54 Å². The summed E-state index contributed by atoms with van der Waals surface area (Å²) in [5.41, 5.74) is 0. The van der Waals surface area contributed by atoms with Crippen LogP contribution in [0.1, 0.15) is 9.75 Å². The Hall–Kier alpha value is -0.480. The van der Waals surface area contributed by atoms with Gasteiger partial charge in [0.05, 0.1) is 6.54 Å². The molecular formula is C8H11F2NS. The first kappa shape index (κ1) is 9.61. The maximum Gasteiger partial charge on any atom is 0.250 e. The van der Waals surface area contributed by atoms with Crippen LogP contribution in [0.2, 0.25) is 0 Å². The lowest BCUT2D eigenvalue weighted by Gasteiger charge is -2.00. The Morgan fingerprint density at radius 3 is 2.75 bits per heavy atom. The van der Waals surface area contributed by atoms with E-state index in [9.17, 15) is 8.78 Å². The molecule has 0 atom stereocenters. The van der Waals surface area contributed by atoms with Crippen molar-refractivity contribution in [2.24, 2.45) is 0 Å². The summed E-state index contributed by atoms with van der Waals surface area (Å²) in [6, 6.07) is 3.95. The third-order valence-corrected chi connectivity index (χ3v) is 2.39. The molecule has 0 saturated heterocycles. The first-order valence-electron chi connectivity index (χ1n) is 3.72. The number of hydrogen-bond acceptors (Lipinski definition) is 2. The van der Waals surface area contributed by atoms with Crippen LogP contribution in [-0.2, 0) is 6.54 Å². The number of thiophene rings is 1. The standard InChI is InChI=1S/C8H11F2NS/c1-6-2-3-7(12-6)4-11-5-8(9)10/h2-3,8,11H,4-5H2,1H3. The van der Waals surface area contributed by atoms with Gasteiger partial charge in [-0.05, 0) is 19.1 Å². The molecule has 0 aliphatic carbocycles. The highest BCUT2D eigenvalue weighted by Crippen LogP contribution is 2.14. The number of rotatable bonds is 4. The smallest absolute Gasteiger partial charge is 0.250 e. The lowest BCUT2D eigenvalue weighted by Crippen LogP contribution is -2.19. The molecule has 0 spiro atoms. The van der Waals surface area contributed by atoms with Gasteiger partial charge in [0, 0.05) is 16.3 Å². The van der Waals surface area contributed by atoms with Crippen LogP contribution in [0.15, 0.2) is 12.1 Å². The molecule has 1 aromatic heterocycles. The minimum atomic E-state index is -2.26. The average Bonchev–Trinajstić information content (AvgIpc) is 2.35. The third-order valence-electron chi connectivity index (χ3n) is 1.39. The fourth-order valence-electron chi connectivity index (χ4n) is 0.885. The van der Waals surface area contributed by atoms with E-state index in [2.05, 4.69) is 5.32 Å². The highest BCUT2D eigenvalue weighted by Gasteiger charge is 2.01. The zero-order valence-electron chi connectivity index (χ0n) is 6.81. The zero-order valence-corrected chi connectivity index (χ0v) is 7.63. The van der Waals surface area contributed by atoms with Crippen LogP contribution in [-0.4, -0.2) is 13.0 Å². The summed E-state index contributed by atoms with van der Waals surface area (Å²) < 4.78 is 23.4. The molecule has 4 heteroatoms. The summed E-state index contributed by atoms with van der Waals surface area (Å²) in [5.74, 6) is 0. The number of halogens is 2. The monoisotopic (exact) mass is 191 g/mol. The molecule has 0 radical (unpaired) electrons. The molecule has 0 aliphatic heterocycles. The summed E-state index contributed by atoms with van der Waals surface area (Å²) in [6.45, 7) is 2.32. The van der Waals surface area contributed by atoms with Gasteiger partial charge in [0.15, 0.2) is 0 Å². The second-order valence-electron chi connectivity index (χ2n) is 2.53. The van der Waals surface area contributed by atoms with Gasteiger partial charge in [-0.2, -0.15) is 0 Å². The summed E-state index contributed by atoms with van der Waals surface area (Å²) in [7, 11) is 0. The summed E-state index contributed by atoms with van der Waals surface area (Å²) in [6.07, 6.45) is -2.26.